The first-order valence-corrected chi connectivity index (χ1v) is 9.65. The number of morpholine rings is 1. The normalized spacial score (nSPS) is 19.3. The van der Waals surface area contributed by atoms with Crippen LogP contribution in [-0.4, -0.2) is 65.0 Å². The molecule has 0 spiro atoms. The maximum atomic E-state index is 12.8. The average Bonchev–Trinajstić information content (AvgIpc) is 3.31. The molecule has 0 aromatic carbocycles. The summed E-state index contributed by atoms with van der Waals surface area (Å²) in [7, 11) is 0. The van der Waals surface area contributed by atoms with Gasteiger partial charge >= 0.3 is 0 Å². The van der Waals surface area contributed by atoms with Crippen LogP contribution in [0.15, 0.2) is 12.3 Å². The molecule has 7 nitrogen and oxygen atoms in total. The van der Waals surface area contributed by atoms with E-state index < -0.39 is 0 Å². The lowest BCUT2D eigenvalue weighted by atomic mass is 10.1. The summed E-state index contributed by atoms with van der Waals surface area (Å²) in [6.45, 7) is 6.85. The van der Waals surface area contributed by atoms with Gasteiger partial charge in [0.05, 0.1) is 36.4 Å². The fourth-order valence-electron chi connectivity index (χ4n) is 3.99. The highest BCUT2D eigenvalue weighted by atomic mass is 16.5. The van der Waals surface area contributed by atoms with Crippen molar-refractivity contribution in [3.63, 3.8) is 0 Å². The summed E-state index contributed by atoms with van der Waals surface area (Å²) in [5.74, 6) is -0.0419. The van der Waals surface area contributed by atoms with Crippen LogP contribution in [0.2, 0.25) is 0 Å². The third-order valence-electron chi connectivity index (χ3n) is 5.43. The van der Waals surface area contributed by atoms with Gasteiger partial charge in [-0.15, -0.1) is 0 Å². The number of carbonyl (C=O) groups excluding carboxylic acids is 1. The van der Waals surface area contributed by atoms with Gasteiger partial charge in [-0.05, 0) is 25.8 Å². The number of hydrogen-bond acceptors (Lipinski definition) is 5. The predicted molar refractivity (Wildman–Crippen MR) is 99.4 cm³/mol. The molecule has 2 aromatic heterocycles. The monoisotopic (exact) mass is 357 g/mol. The molecule has 0 radical (unpaired) electrons. The van der Waals surface area contributed by atoms with Gasteiger partial charge in [-0.3, -0.25) is 9.69 Å². The number of pyridine rings is 1. The molecule has 7 heteroatoms. The standard InChI is InChI=1S/C19H27N5O2/c1-14-12-16(19(25)20-6-7-23-8-10-26-11-9-23)17-13-21-24(18(17)22-14)15-4-2-3-5-15/h12-13,15H,2-11H2,1H3,(H,20,25). The van der Waals surface area contributed by atoms with Crippen molar-refractivity contribution in [2.24, 2.45) is 0 Å². The molecular weight excluding hydrogens is 330 g/mol. The Bertz CT molecular complexity index is 776. The minimum Gasteiger partial charge on any atom is -0.379 e. The van der Waals surface area contributed by atoms with Gasteiger partial charge < -0.3 is 10.1 Å². The second kappa shape index (κ2) is 7.72. The van der Waals surface area contributed by atoms with Gasteiger partial charge in [-0.25, -0.2) is 9.67 Å². The maximum absolute atomic E-state index is 12.8. The number of carbonyl (C=O) groups is 1. The second-order valence-corrected chi connectivity index (χ2v) is 7.29. The van der Waals surface area contributed by atoms with Crippen LogP contribution in [0, 0.1) is 6.92 Å². The molecule has 1 aliphatic heterocycles. The predicted octanol–water partition coefficient (Wildman–Crippen LogP) is 1.92. The van der Waals surface area contributed by atoms with Crippen LogP contribution in [0.4, 0.5) is 0 Å². The number of hydrogen-bond donors (Lipinski definition) is 1. The Kier molecular flexibility index (Phi) is 5.17. The molecule has 1 saturated heterocycles. The second-order valence-electron chi connectivity index (χ2n) is 7.29. The van der Waals surface area contributed by atoms with Gasteiger partial charge in [0.25, 0.3) is 5.91 Å². The highest BCUT2D eigenvalue weighted by Gasteiger charge is 2.22. The zero-order chi connectivity index (χ0) is 17.9. The van der Waals surface area contributed by atoms with E-state index in [9.17, 15) is 4.79 Å². The van der Waals surface area contributed by atoms with Gasteiger partial charge in [0, 0.05) is 31.9 Å². The minimum atomic E-state index is -0.0419. The molecule has 140 valence electrons. The summed E-state index contributed by atoms with van der Waals surface area (Å²) in [4.78, 5) is 19.8. The van der Waals surface area contributed by atoms with Crippen molar-refractivity contribution in [2.75, 3.05) is 39.4 Å². The van der Waals surface area contributed by atoms with Crippen LogP contribution in [0.5, 0.6) is 0 Å². The molecule has 1 amide bonds. The van der Waals surface area contributed by atoms with Crippen molar-refractivity contribution in [1.82, 2.24) is 25.0 Å². The summed E-state index contributed by atoms with van der Waals surface area (Å²) < 4.78 is 7.38. The first kappa shape index (κ1) is 17.4. The summed E-state index contributed by atoms with van der Waals surface area (Å²) in [5, 5.41) is 8.48. The van der Waals surface area contributed by atoms with E-state index in [0.29, 0.717) is 18.2 Å². The number of ether oxygens (including phenoxy) is 1. The molecule has 1 aliphatic carbocycles. The molecule has 4 rings (SSSR count). The largest absolute Gasteiger partial charge is 0.379 e. The Morgan fingerprint density at radius 1 is 1.31 bits per heavy atom. The number of rotatable bonds is 5. The van der Waals surface area contributed by atoms with Crippen molar-refractivity contribution in [2.45, 2.75) is 38.6 Å². The Morgan fingerprint density at radius 2 is 2.08 bits per heavy atom. The molecular formula is C19H27N5O2. The van der Waals surface area contributed by atoms with Crippen molar-refractivity contribution in [3.05, 3.63) is 23.5 Å². The molecule has 0 bridgehead atoms. The third kappa shape index (κ3) is 3.59. The molecule has 0 atom stereocenters. The lowest BCUT2D eigenvalue weighted by molar-refractivity contribution is 0.0383. The Labute approximate surface area is 153 Å². The zero-order valence-electron chi connectivity index (χ0n) is 15.4. The number of nitrogens with zero attached hydrogens (tertiary/aromatic N) is 4. The summed E-state index contributed by atoms with van der Waals surface area (Å²) >= 11 is 0. The van der Waals surface area contributed by atoms with E-state index in [1.807, 2.05) is 17.7 Å². The SMILES string of the molecule is Cc1cc(C(=O)NCCN2CCOCC2)c2cnn(C3CCCC3)c2n1. The zero-order valence-corrected chi connectivity index (χ0v) is 15.4. The van der Waals surface area contributed by atoms with E-state index in [2.05, 4.69) is 20.3 Å². The smallest absolute Gasteiger partial charge is 0.252 e. The van der Waals surface area contributed by atoms with E-state index in [-0.39, 0.29) is 5.91 Å². The van der Waals surface area contributed by atoms with E-state index >= 15 is 0 Å². The molecule has 2 aliphatic rings. The van der Waals surface area contributed by atoms with Crippen LogP contribution in [0.3, 0.4) is 0 Å². The number of aromatic nitrogens is 3. The number of amides is 1. The number of aryl methyl sites for hydroxylation is 1. The fraction of sp³-hybridized carbons (Fsp3) is 0.632. The van der Waals surface area contributed by atoms with E-state index in [1.165, 1.54) is 12.8 Å². The molecule has 2 fully saturated rings. The third-order valence-corrected chi connectivity index (χ3v) is 5.43. The maximum Gasteiger partial charge on any atom is 0.252 e. The molecule has 3 heterocycles. The highest BCUT2D eigenvalue weighted by Crippen LogP contribution is 2.31. The Balaban J connectivity index is 1.49. The fourth-order valence-corrected chi connectivity index (χ4v) is 3.99. The van der Waals surface area contributed by atoms with Gasteiger partial charge in [0.15, 0.2) is 5.65 Å². The highest BCUT2D eigenvalue weighted by molar-refractivity contribution is 6.05. The van der Waals surface area contributed by atoms with Crippen molar-refractivity contribution in [1.29, 1.82) is 0 Å². The molecule has 1 saturated carbocycles. The van der Waals surface area contributed by atoms with Crippen molar-refractivity contribution < 1.29 is 9.53 Å². The Morgan fingerprint density at radius 3 is 2.85 bits per heavy atom. The lowest BCUT2D eigenvalue weighted by Gasteiger charge is -2.26. The average molecular weight is 357 g/mol. The summed E-state index contributed by atoms with van der Waals surface area (Å²) in [6, 6.07) is 2.28. The first-order valence-electron chi connectivity index (χ1n) is 9.65. The summed E-state index contributed by atoms with van der Waals surface area (Å²) in [6.07, 6.45) is 6.58. The van der Waals surface area contributed by atoms with Gasteiger partial charge in [-0.2, -0.15) is 5.10 Å². The van der Waals surface area contributed by atoms with Crippen LogP contribution in [-0.2, 0) is 4.74 Å². The molecule has 2 aromatic rings. The van der Waals surface area contributed by atoms with Crippen molar-refractivity contribution >= 4 is 16.9 Å². The molecule has 26 heavy (non-hydrogen) atoms. The first-order chi connectivity index (χ1) is 12.7. The van der Waals surface area contributed by atoms with Crippen LogP contribution < -0.4 is 5.32 Å². The van der Waals surface area contributed by atoms with E-state index in [1.54, 1.807) is 6.20 Å². The van der Waals surface area contributed by atoms with Gasteiger partial charge in [0.1, 0.15) is 0 Å². The molecule has 1 N–H and O–H groups in total. The van der Waals surface area contributed by atoms with E-state index in [0.717, 1.165) is 62.4 Å². The van der Waals surface area contributed by atoms with Gasteiger partial charge in [0.2, 0.25) is 0 Å². The van der Waals surface area contributed by atoms with Crippen molar-refractivity contribution in [3.8, 4) is 0 Å². The quantitative estimate of drug-likeness (QED) is 0.885. The summed E-state index contributed by atoms with van der Waals surface area (Å²) in [5.41, 5.74) is 2.38. The van der Waals surface area contributed by atoms with Gasteiger partial charge in [-0.1, -0.05) is 12.8 Å². The number of nitrogens with one attached hydrogen (secondary N) is 1. The number of fused-ring (bicyclic) bond motifs is 1. The minimum absolute atomic E-state index is 0.0419. The lowest BCUT2D eigenvalue weighted by Crippen LogP contribution is -2.41. The van der Waals surface area contributed by atoms with Crippen LogP contribution in [0.25, 0.3) is 11.0 Å². The van der Waals surface area contributed by atoms with Crippen LogP contribution in [0.1, 0.15) is 47.8 Å². The topological polar surface area (TPSA) is 72.3 Å². The Hall–Kier alpha value is -1.99. The molecule has 0 unspecified atom stereocenters. The van der Waals surface area contributed by atoms with Crippen LogP contribution >= 0.6 is 0 Å². The van der Waals surface area contributed by atoms with E-state index in [4.69, 9.17) is 4.74 Å².